The highest BCUT2D eigenvalue weighted by atomic mass is 32.1. The van der Waals surface area contributed by atoms with E-state index in [1.807, 2.05) is 0 Å². The second-order valence-corrected chi connectivity index (χ2v) is 3.33. The molecule has 0 radical (unpaired) electrons. The molecule has 3 N–H and O–H groups in total. The number of nitrogens with zero attached hydrogens (tertiary/aromatic N) is 1. The molecule has 1 heterocycles. The number of rotatable bonds is 4. The molecule has 1 aromatic rings. The first kappa shape index (κ1) is 10.6. The van der Waals surface area contributed by atoms with Gasteiger partial charge >= 0.3 is 0 Å². The zero-order chi connectivity index (χ0) is 10.6. The summed E-state index contributed by atoms with van der Waals surface area (Å²) in [5, 5.41) is 6.20. The van der Waals surface area contributed by atoms with Gasteiger partial charge in [-0.2, -0.15) is 0 Å². The fraction of sp³-hybridized carbons (Fsp3) is 0.375. The van der Waals surface area contributed by atoms with Crippen molar-refractivity contribution in [1.82, 2.24) is 10.5 Å². The molecule has 0 aliphatic heterocycles. The van der Waals surface area contributed by atoms with Gasteiger partial charge in [0.1, 0.15) is 0 Å². The number of amides is 1. The molecule has 1 rings (SSSR count). The van der Waals surface area contributed by atoms with E-state index in [4.69, 9.17) is 10.3 Å². The SMILES string of the molecule is Cc1cc(C(=O)NCCC(N)=S)on1. The van der Waals surface area contributed by atoms with Gasteiger partial charge in [0.15, 0.2) is 0 Å². The molecule has 6 heteroatoms. The number of hydrogen-bond acceptors (Lipinski definition) is 4. The van der Waals surface area contributed by atoms with Crippen molar-refractivity contribution < 1.29 is 9.32 Å². The highest BCUT2D eigenvalue weighted by Crippen LogP contribution is 2.01. The Balaban J connectivity index is 2.39. The van der Waals surface area contributed by atoms with Crippen LogP contribution >= 0.6 is 12.2 Å². The minimum Gasteiger partial charge on any atom is -0.393 e. The van der Waals surface area contributed by atoms with Crippen LogP contribution in [0.3, 0.4) is 0 Å². The minimum absolute atomic E-state index is 0.199. The van der Waals surface area contributed by atoms with Crippen molar-refractivity contribution in [3.63, 3.8) is 0 Å². The third-order valence-electron chi connectivity index (χ3n) is 1.51. The number of thiocarbonyl (C=S) groups is 1. The highest BCUT2D eigenvalue weighted by molar-refractivity contribution is 7.80. The van der Waals surface area contributed by atoms with Gasteiger partial charge < -0.3 is 15.6 Å². The summed E-state index contributed by atoms with van der Waals surface area (Å²) in [6, 6.07) is 1.57. The minimum atomic E-state index is -0.304. The summed E-state index contributed by atoms with van der Waals surface area (Å²) in [6.45, 7) is 2.16. The Morgan fingerprint density at radius 1 is 1.79 bits per heavy atom. The van der Waals surface area contributed by atoms with Crippen LogP contribution in [0.15, 0.2) is 10.6 Å². The van der Waals surface area contributed by atoms with Crippen molar-refractivity contribution in [2.24, 2.45) is 5.73 Å². The molecule has 76 valence electrons. The van der Waals surface area contributed by atoms with Crippen LogP contribution in [-0.4, -0.2) is 22.6 Å². The molecular formula is C8H11N3O2S. The maximum Gasteiger partial charge on any atom is 0.289 e. The summed E-state index contributed by atoms with van der Waals surface area (Å²) >= 11 is 4.66. The maximum atomic E-state index is 11.3. The lowest BCUT2D eigenvalue weighted by molar-refractivity contribution is 0.0918. The van der Waals surface area contributed by atoms with Crippen molar-refractivity contribution in [3.8, 4) is 0 Å². The monoisotopic (exact) mass is 213 g/mol. The van der Waals surface area contributed by atoms with Crippen molar-refractivity contribution in [1.29, 1.82) is 0 Å². The number of carbonyl (C=O) groups excluding carboxylic acids is 1. The molecule has 0 saturated carbocycles. The molecule has 0 fully saturated rings. The Bertz CT molecular complexity index is 348. The van der Waals surface area contributed by atoms with Crippen LogP contribution in [0.4, 0.5) is 0 Å². The summed E-state index contributed by atoms with van der Waals surface area (Å²) in [4.78, 5) is 11.7. The Labute approximate surface area is 86.6 Å². The lowest BCUT2D eigenvalue weighted by Crippen LogP contribution is -2.26. The Morgan fingerprint density at radius 2 is 2.50 bits per heavy atom. The summed E-state index contributed by atoms with van der Waals surface area (Å²) < 4.78 is 4.76. The van der Waals surface area contributed by atoms with E-state index < -0.39 is 0 Å². The van der Waals surface area contributed by atoms with Crippen LogP contribution in [-0.2, 0) is 0 Å². The average Bonchev–Trinajstić information content (AvgIpc) is 2.51. The summed E-state index contributed by atoms with van der Waals surface area (Å²) in [7, 11) is 0. The van der Waals surface area contributed by atoms with E-state index in [9.17, 15) is 4.79 Å². The van der Waals surface area contributed by atoms with Gasteiger partial charge in [0, 0.05) is 19.0 Å². The van der Waals surface area contributed by atoms with Crippen LogP contribution in [0.1, 0.15) is 22.7 Å². The van der Waals surface area contributed by atoms with Crippen molar-refractivity contribution in [3.05, 3.63) is 17.5 Å². The smallest absolute Gasteiger partial charge is 0.289 e. The van der Waals surface area contributed by atoms with E-state index >= 15 is 0 Å². The number of carbonyl (C=O) groups is 1. The lowest BCUT2D eigenvalue weighted by Gasteiger charge is -2.00. The summed E-state index contributed by atoms with van der Waals surface area (Å²) in [6.07, 6.45) is 0.480. The van der Waals surface area contributed by atoms with Gasteiger partial charge in [-0.3, -0.25) is 4.79 Å². The predicted molar refractivity (Wildman–Crippen MR) is 55.0 cm³/mol. The van der Waals surface area contributed by atoms with Crippen LogP contribution in [0.25, 0.3) is 0 Å². The van der Waals surface area contributed by atoms with E-state index in [-0.39, 0.29) is 11.7 Å². The van der Waals surface area contributed by atoms with E-state index in [2.05, 4.69) is 22.7 Å². The Kier molecular flexibility index (Phi) is 3.58. The second kappa shape index (κ2) is 4.71. The second-order valence-electron chi connectivity index (χ2n) is 2.80. The summed E-state index contributed by atoms with van der Waals surface area (Å²) in [5.74, 6) is -0.104. The van der Waals surface area contributed by atoms with Gasteiger partial charge in [-0.1, -0.05) is 17.4 Å². The average molecular weight is 213 g/mol. The van der Waals surface area contributed by atoms with Crippen molar-refractivity contribution in [2.45, 2.75) is 13.3 Å². The van der Waals surface area contributed by atoms with E-state index in [1.54, 1.807) is 13.0 Å². The maximum absolute atomic E-state index is 11.3. The van der Waals surface area contributed by atoms with Crippen molar-refractivity contribution >= 4 is 23.1 Å². The molecule has 0 spiro atoms. The summed E-state index contributed by atoms with van der Waals surface area (Å²) in [5.41, 5.74) is 5.94. The molecule has 0 atom stereocenters. The first-order chi connectivity index (χ1) is 6.59. The first-order valence-electron chi connectivity index (χ1n) is 4.09. The predicted octanol–water partition coefficient (Wildman–Crippen LogP) is 0.389. The highest BCUT2D eigenvalue weighted by Gasteiger charge is 2.10. The molecule has 0 aliphatic carbocycles. The zero-order valence-electron chi connectivity index (χ0n) is 7.74. The molecule has 0 aromatic carbocycles. The van der Waals surface area contributed by atoms with Gasteiger partial charge in [-0.15, -0.1) is 0 Å². The Hall–Kier alpha value is -1.43. The lowest BCUT2D eigenvalue weighted by atomic mass is 10.3. The molecule has 0 bridgehead atoms. The largest absolute Gasteiger partial charge is 0.393 e. The number of nitrogens with two attached hydrogens (primary N) is 1. The Morgan fingerprint density at radius 3 is 3.00 bits per heavy atom. The first-order valence-corrected chi connectivity index (χ1v) is 4.50. The zero-order valence-corrected chi connectivity index (χ0v) is 8.56. The fourth-order valence-electron chi connectivity index (χ4n) is 0.857. The van der Waals surface area contributed by atoms with Gasteiger partial charge in [-0.05, 0) is 6.92 Å². The van der Waals surface area contributed by atoms with Crippen LogP contribution < -0.4 is 11.1 Å². The van der Waals surface area contributed by atoms with Gasteiger partial charge in [0.25, 0.3) is 5.91 Å². The molecule has 0 saturated heterocycles. The van der Waals surface area contributed by atoms with Crippen LogP contribution in [0.2, 0.25) is 0 Å². The number of aromatic nitrogens is 1. The number of aryl methyl sites for hydroxylation is 1. The number of nitrogens with one attached hydrogen (secondary N) is 1. The third kappa shape index (κ3) is 3.14. The third-order valence-corrected chi connectivity index (χ3v) is 1.71. The quantitative estimate of drug-likeness (QED) is 0.707. The van der Waals surface area contributed by atoms with Crippen LogP contribution in [0.5, 0.6) is 0 Å². The van der Waals surface area contributed by atoms with Crippen LogP contribution in [0, 0.1) is 6.92 Å². The van der Waals surface area contributed by atoms with Gasteiger partial charge in [0.05, 0.1) is 10.7 Å². The molecule has 0 unspecified atom stereocenters. The van der Waals surface area contributed by atoms with Gasteiger partial charge in [0.2, 0.25) is 5.76 Å². The van der Waals surface area contributed by atoms with Gasteiger partial charge in [-0.25, -0.2) is 0 Å². The topological polar surface area (TPSA) is 81.2 Å². The molecule has 5 nitrogen and oxygen atoms in total. The molecule has 0 aliphatic rings. The standard InChI is InChI=1S/C8H11N3O2S/c1-5-4-6(13-11-5)8(12)10-3-2-7(9)14/h4H,2-3H2,1H3,(H2,9,14)(H,10,12). The normalized spacial score (nSPS) is 9.79. The molecule has 1 aromatic heterocycles. The van der Waals surface area contributed by atoms with E-state index in [0.717, 1.165) is 0 Å². The number of hydrogen-bond donors (Lipinski definition) is 2. The molecule has 1 amide bonds. The molecule has 14 heavy (non-hydrogen) atoms. The van der Waals surface area contributed by atoms with Crippen molar-refractivity contribution in [2.75, 3.05) is 6.54 Å². The fourth-order valence-corrected chi connectivity index (χ4v) is 0.959. The molecular weight excluding hydrogens is 202 g/mol. The van der Waals surface area contributed by atoms with E-state index in [1.165, 1.54) is 0 Å². The van der Waals surface area contributed by atoms with E-state index in [0.29, 0.717) is 23.6 Å².